The van der Waals surface area contributed by atoms with Crippen LogP contribution >= 0.6 is 22.6 Å². The normalized spacial score (nSPS) is 17.2. The highest BCUT2D eigenvalue weighted by Crippen LogP contribution is 2.26. The summed E-state index contributed by atoms with van der Waals surface area (Å²) in [5.74, 6) is -0.415. The molecule has 0 bridgehead atoms. The van der Waals surface area contributed by atoms with Crippen LogP contribution in [0.3, 0.4) is 0 Å². The van der Waals surface area contributed by atoms with Crippen LogP contribution in [-0.2, 0) is 16.0 Å². The molecule has 1 N–H and O–H groups in total. The van der Waals surface area contributed by atoms with Gasteiger partial charge in [0.05, 0.1) is 5.92 Å². The third kappa shape index (κ3) is 3.77. The minimum absolute atomic E-state index is 0.00186. The molecule has 0 aromatic heterocycles. The average molecular weight is 434 g/mol. The fraction of sp³-hybridized carbons (Fsp3) is 0.263. The fourth-order valence-electron chi connectivity index (χ4n) is 2.82. The van der Waals surface area contributed by atoms with Crippen molar-refractivity contribution in [1.82, 2.24) is 0 Å². The number of carbonyl (C=O) groups excluding carboxylic acids is 2. The lowest BCUT2D eigenvalue weighted by atomic mass is 10.1. The first-order valence-corrected chi connectivity index (χ1v) is 9.10. The molecule has 124 valence electrons. The van der Waals surface area contributed by atoms with Gasteiger partial charge in [-0.05, 0) is 71.0 Å². The number of halogens is 1. The van der Waals surface area contributed by atoms with E-state index in [1.807, 2.05) is 48.5 Å². The van der Waals surface area contributed by atoms with E-state index in [9.17, 15) is 9.59 Å². The van der Waals surface area contributed by atoms with Crippen molar-refractivity contribution >= 4 is 45.8 Å². The Bertz CT molecular complexity index is 741. The van der Waals surface area contributed by atoms with Crippen LogP contribution in [0.2, 0.25) is 0 Å². The van der Waals surface area contributed by atoms with Crippen molar-refractivity contribution in [2.75, 3.05) is 16.8 Å². The zero-order valence-corrected chi connectivity index (χ0v) is 15.6. The number of benzene rings is 2. The van der Waals surface area contributed by atoms with Gasteiger partial charge >= 0.3 is 0 Å². The summed E-state index contributed by atoms with van der Waals surface area (Å²) in [6.07, 6.45) is 1.22. The van der Waals surface area contributed by atoms with Crippen molar-refractivity contribution in [3.8, 4) is 0 Å². The number of nitrogens with zero attached hydrogens (tertiary/aromatic N) is 1. The number of anilines is 2. The summed E-state index contributed by atoms with van der Waals surface area (Å²) in [4.78, 5) is 26.4. The van der Waals surface area contributed by atoms with Crippen LogP contribution in [0, 0.1) is 9.49 Å². The number of hydrogen-bond acceptors (Lipinski definition) is 2. The predicted octanol–water partition coefficient (Wildman–Crippen LogP) is 3.85. The molecule has 1 aliphatic heterocycles. The Morgan fingerprint density at radius 3 is 2.46 bits per heavy atom. The molecule has 0 aliphatic carbocycles. The summed E-state index contributed by atoms with van der Waals surface area (Å²) < 4.78 is 1.11. The first-order chi connectivity index (χ1) is 11.6. The van der Waals surface area contributed by atoms with E-state index in [2.05, 4.69) is 34.8 Å². The molecule has 1 saturated heterocycles. The molecule has 1 aliphatic rings. The molecular formula is C19H19IN2O2. The van der Waals surface area contributed by atoms with Crippen molar-refractivity contribution in [3.63, 3.8) is 0 Å². The maximum absolute atomic E-state index is 12.4. The van der Waals surface area contributed by atoms with Gasteiger partial charge in [-0.1, -0.05) is 19.1 Å². The highest BCUT2D eigenvalue weighted by atomic mass is 127. The van der Waals surface area contributed by atoms with Crippen molar-refractivity contribution in [3.05, 3.63) is 57.7 Å². The molecule has 0 saturated carbocycles. The molecule has 0 radical (unpaired) electrons. The zero-order chi connectivity index (χ0) is 17.1. The van der Waals surface area contributed by atoms with Crippen LogP contribution in [-0.4, -0.2) is 18.4 Å². The van der Waals surface area contributed by atoms with Crippen molar-refractivity contribution in [2.24, 2.45) is 5.92 Å². The topological polar surface area (TPSA) is 49.4 Å². The summed E-state index contributed by atoms with van der Waals surface area (Å²) in [6.45, 7) is 2.53. The van der Waals surface area contributed by atoms with Gasteiger partial charge in [-0.25, -0.2) is 0 Å². The van der Waals surface area contributed by atoms with E-state index in [4.69, 9.17) is 0 Å². The smallest absolute Gasteiger partial charge is 0.229 e. The van der Waals surface area contributed by atoms with E-state index in [1.165, 1.54) is 5.56 Å². The zero-order valence-electron chi connectivity index (χ0n) is 13.5. The first kappa shape index (κ1) is 17.0. The Morgan fingerprint density at radius 2 is 1.83 bits per heavy atom. The largest absolute Gasteiger partial charge is 0.326 e. The number of aryl methyl sites for hydroxylation is 1. The van der Waals surface area contributed by atoms with Gasteiger partial charge in [0, 0.05) is 27.9 Å². The molecule has 1 fully saturated rings. The summed E-state index contributed by atoms with van der Waals surface area (Å²) in [5, 5.41) is 2.90. The van der Waals surface area contributed by atoms with E-state index < -0.39 is 0 Å². The van der Waals surface area contributed by atoms with E-state index in [1.54, 1.807) is 4.90 Å². The number of rotatable bonds is 4. The lowest BCUT2D eigenvalue weighted by Crippen LogP contribution is -2.28. The molecule has 0 spiro atoms. The third-order valence-electron chi connectivity index (χ3n) is 4.26. The molecule has 1 heterocycles. The maximum Gasteiger partial charge on any atom is 0.229 e. The number of nitrogens with one attached hydrogen (secondary N) is 1. The van der Waals surface area contributed by atoms with Crippen LogP contribution < -0.4 is 10.2 Å². The molecule has 0 unspecified atom stereocenters. The van der Waals surface area contributed by atoms with E-state index >= 15 is 0 Å². The first-order valence-electron chi connectivity index (χ1n) is 8.02. The Balaban J connectivity index is 1.67. The Kier molecular flexibility index (Phi) is 5.18. The molecule has 3 rings (SSSR count). The highest BCUT2D eigenvalue weighted by Gasteiger charge is 2.35. The highest BCUT2D eigenvalue weighted by molar-refractivity contribution is 14.1. The molecule has 2 aromatic carbocycles. The number of hydrogen-bond donors (Lipinski definition) is 1. The van der Waals surface area contributed by atoms with E-state index in [0.717, 1.165) is 21.4 Å². The summed E-state index contributed by atoms with van der Waals surface area (Å²) in [5.41, 5.74) is 2.86. The minimum Gasteiger partial charge on any atom is -0.326 e. The second kappa shape index (κ2) is 7.34. The summed E-state index contributed by atoms with van der Waals surface area (Å²) in [6, 6.07) is 15.6. The Morgan fingerprint density at radius 1 is 1.17 bits per heavy atom. The van der Waals surface area contributed by atoms with E-state index in [0.29, 0.717) is 6.54 Å². The van der Waals surface area contributed by atoms with Gasteiger partial charge in [0.2, 0.25) is 11.8 Å². The van der Waals surface area contributed by atoms with Gasteiger partial charge < -0.3 is 10.2 Å². The molecule has 1 atom stereocenters. The van der Waals surface area contributed by atoms with Gasteiger partial charge in [0.25, 0.3) is 0 Å². The summed E-state index contributed by atoms with van der Waals surface area (Å²) >= 11 is 2.22. The lowest BCUT2D eigenvalue weighted by molar-refractivity contribution is -0.122. The van der Waals surface area contributed by atoms with Crippen LogP contribution in [0.15, 0.2) is 48.5 Å². The second-order valence-electron chi connectivity index (χ2n) is 5.92. The van der Waals surface area contributed by atoms with Gasteiger partial charge in [-0.2, -0.15) is 0 Å². The third-order valence-corrected chi connectivity index (χ3v) is 4.98. The average Bonchev–Trinajstić information content (AvgIpc) is 2.99. The van der Waals surface area contributed by atoms with Gasteiger partial charge in [0.15, 0.2) is 0 Å². The van der Waals surface area contributed by atoms with Crippen LogP contribution in [0.4, 0.5) is 11.4 Å². The Labute approximate surface area is 155 Å². The predicted molar refractivity (Wildman–Crippen MR) is 104 cm³/mol. The number of carbonyl (C=O) groups is 2. The molecule has 24 heavy (non-hydrogen) atoms. The minimum atomic E-state index is -0.317. The summed E-state index contributed by atoms with van der Waals surface area (Å²) in [7, 11) is 0. The SMILES string of the molecule is CCc1ccc(N2C[C@@H](C(=O)Nc3ccc(I)cc3)CC2=O)cc1. The van der Waals surface area contributed by atoms with Gasteiger partial charge in [-0.15, -0.1) is 0 Å². The van der Waals surface area contributed by atoms with Gasteiger partial charge in [0.1, 0.15) is 0 Å². The molecule has 5 heteroatoms. The lowest BCUT2D eigenvalue weighted by Gasteiger charge is -2.17. The molecule has 2 aromatic rings. The van der Waals surface area contributed by atoms with Crippen LogP contribution in [0.5, 0.6) is 0 Å². The Hall–Kier alpha value is -1.89. The second-order valence-corrected chi connectivity index (χ2v) is 7.17. The molecule has 4 nitrogen and oxygen atoms in total. The van der Waals surface area contributed by atoms with Crippen molar-refractivity contribution in [2.45, 2.75) is 19.8 Å². The monoisotopic (exact) mass is 434 g/mol. The van der Waals surface area contributed by atoms with E-state index in [-0.39, 0.29) is 24.2 Å². The van der Waals surface area contributed by atoms with Crippen molar-refractivity contribution in [1.29, 1.82) is 0 Å². The fourth-order valence-corrected chi connectivity index (χ4v) is 3.18. The molecule has 2 amide bonds. The van der Waals surface area contributed by atoms with Crippen LogP contribution in [0.1, 0.15) is 18.9 Å². The standard InChI is InChI=1S/C19H19IN2O2/c1-2-13-3-9-17(10-4-13)22-12-14(11-18(22)23)19(24)21-16-7-5-15(20)6-8-16/h3-10,14H,2,11-12H2,1H3,(H,21,24)/t14-/m0/s1. The number of amides is 2. The van der Waals surface area contributed by atoms with Crippen molar-refractivity contribution < 1.29 is 9.59 Å². The van der Waals surface area contributed by atoms with Gasteiger partial charge in [-0.3, -0.25) is 9.59 Å². The van der Waals surface area contributed by atoms with Crippen LogP contribution in [0.25, 0.3) is 0 Å². The quantitative estimate of drug-likeness (QED) is 0.744. The molecular weight excluding hydrogens is 415 g/mol. The maximum atomic E-state index is 12.4.